The number of halogens is 2. The maximum Gasteiger partial charge on any atom is 0.256 e. The SMILES string of the molecule is CCOc1cc([C@H]2[C@H]([N+](=O)[O-])[C@]3(C(=O)Nc4ccccc43)N3CCC[C@@H]23)cc(Br)c1OCc1ccc(F)cc1. The van der Waals surface area contributed by atoms with Gasteiger partial charge in [-0.1, -0.05) is 30.3 Å². The molecule has 3 aliphatic heterocycles. The average molecular weight is 596 g/mol. The van der Waals surface area contributed by atoms with Gasteiger partial charge in [-0.3, -0.25) is 19.8 Å². The van der Waals surface area contributed by atoms with Crippen molar-refractivity contribution in [3.8, 4) is 11.5 Å². The number of anilines is 1. The molecule has 202 valence electrons. The predicted octanol–water partition coefficient (Wildman–Crippen LogP) is 5.62. The van der Waals surface area contributed by atoms with Crippen molar-refractivity contribution >= 4 is 27.5 Å². The molecule has 0 saturated carbocycles. The van der Waals surface area contributed by atoms with Crippen molar-refractivity contribution < 1.29 is 23.6 Å². The van der Waals surface area contributed by atoms with E-state index in [4.69, 9.17) is 9.47 Å². The molecule has 3 aliphatic rings. The second-order valence-corrected chi connectivity index (χ2v) is 11.0. The van der Waals surface area contributed by atoms with E-state index < -0.39 is 17.5 Å². The van der Waals surface area contributed by atoms with Crippen LogP contribution in [0, 0.1) is 15.9 Å². The fraction of sp³-hybridized carbons (Fsp3) is 0.345. The predicted molar refractivity (Wildman–Crippen MR) is 146 cm³/mol. The number of nitrogens with one attached hydrogen (secondary N) is 1. The molecule has 4 atom stereocenters. The van der Waals surface area contributed by atoms with E-state index in [1.165, 1.54) is 12.1 Å². The first-order chi connectivity index (χ1) is 18.9. The average Bonchev–Trinajstić information content (AvgIpc) is 3.57. The van der Waals surface area contributed by atoms with Gasteiger partial charge in [0.2, 0.25) is 0 Å². The van der Waals surface area contributed by atoms with Crippen molar-refractivity contribution in [2.45, 2.75) is 49.9 Å². The third-order valence-electron chi connectivity index (χ3n) is 8.11. The standard InChI is InChI=1S/C29H27BrFN3O5/c1-2-38-24-15-18(14-21(30)26(24)39-16-17-9-11-19(31)12-10-17)25-23-8-5-13-33(23)29(27(25)34(36)37)20-6-3-4-7-22(20)32-28(29)35/h3-4,6-7,9-12,14-15,23,25,27H,2,5,8,13,16H2,1H3,(H,32,35)/t23-,25+,27-,29+/m0/s1. The molecule has 0 unspecified atom stereocenters. The van der Waals surface area contributed by atoms with Gasteiger partial charge in [-0.15, -0.1) is 0 Å². The quantitative estimate of drug-likeness (QED) is 0.281. The third-order valence-corrected chi connectivity index (χ3v) is 8.70. The number of fused-ring (bicyclic) bond motifs is 4. The number of rotatable bonds is 7. The molecule has 39 heavy (non-hydrogen) atoms. The molecule has 6 rings (SSSR count). The van der Waals surface area contributed by atoms with Gasteiger partial charge in [-0.05, 0) is 77.2 Å². The Balaban J connectivity index is 1.43. The summed E-state index contributed by atoms with van der Waals surface area (Å²) in [6, 6.07) is 15.6. The number of benzene rings is 3. The van der Waals surface area contributed by atoms with E-state index in [0.717, 1.165) is 18.4 Å². The van der Waals surface area contributed by atoms with Crippen LogP contribution in [0.3, 0.4) is 0 Å². The lowest BCUT2D eigenvalue weighted by Gasteiger charge is -2.32. The van der Waals surface area contributed by atoms with Crippen molar-refractivity contribution in [3.05, 3.63) is 97.8 Å². The lowest BCUT2D eigenvalue weighted by Crippen LogP contribution is -2.55. The summed E-state index contributed by atoms with van der Waals surface area (Å²) in [7, 11) is 0. The van der Waals surface area contributed by atoms with Gasteiger partial charge in [0.05, 0.1) is 17.0 Å². The minimum Gasteiger partial charge on any atom is -0.490 e. The van der Waals surface area contributed by atoms with Crippen LogP contribution in [0.4, 0.5) is 10.1 Å². The van der Waals surface area contributed by atoms with Crippen LogP contribution in [0.25, 0.3) is 0 Å². The van der Waals surface area contributed by atoms with Crippen LogP contribution >= 0.6 is 15.9 Å². The van der Waals surface area contributed by atoms with Crippen LogP contribution in [-0.2, 0) is 16.9 Å². The Kier molecular flexibility index (Phi) is 6.55. The van der Waals surface area contributed by atoms with Crippen LogP contribution < -0.4 is 14.8 Å². The first kappa shape index (κ1) is 25.8. The maximum atomic E-state index is 13.7. The molecule has 0 aromatic heterocycles. The van der Waals surface area contributed by atoms with Crippen molar-refractivity contribution in [1.29, 1.82) is 0 Å². The number of carbonyl (C=O) groups is 1. The summed E-state index contributed by atoms with van der Waals surface area (Å²) >= 11 is 3.61. The van der Waals surface area contributed by atoms with E-state index in [0.29, 0.717) is 45.9 Å². The summed E-state index contributed by atoms with van der Waals surface area (Å²) in [5, 5.41) is 15.8. The number of nitro groups is 1. The molecule has 0 radical (unpaired) electrons. The van der Waals surface area contributed by atoms with Gasteiger partial charge >= 0.3 is 0 Å². The Labute approximate surface area is 233 Å². The fourth-order valence-electron chi connectivity index (χ4n) is 6.69. The molecule has 3 aromatic rings. The largest absolute Gasteiger partial charge is 0.490 e. The van der Waals surface area contributed by atoms with Crippen molar-refractivity contribution in [2.75, 3.05) is 18.5 Å². The van der Waals surface area contributed by atoms with E-state index in [2.05, 4.69) is 26.1 Å². The monoisotopic (exact) mass is 595 g/mol. The molecule has 1 amide bonds. The molecule has 8 nitrogen and oxygen atoms in total. The number of ether oxygens (including phenoxy) is 2. The second kappa shape index (κ2) is 9.91. The molecule has 3 heterocycles. The van der Waals surface area contributed by atoms with Crippen LogP contribution in [0.5, 0.6) is 11.5 Å². The summed E-state index contributed by atoms with van der Waals surface area (Å²) in [6.07, 6.45) is 1.59. The van der Waals surface area contributed by atoms with Crippen molar-refractivity contribution in [3.63, 3.8) is 0 Å². The van der Waals surface area contributed by atoms with E-state index in [-0.39, 0.29) is 29.3 Å². The molecule has 1 N–H and O–H groups in total. The van der Waals surface area contributed by atoms with Gasteiger partial charge in [0.25, 0.3) is 11.9 Å². The molecule has 10 heteroatoms. The van der Waals surface area contributed by atoms with Gasteiger partial charge in [-0.2, -0.15) is 0 Å². The zero-order valence-electron chi connectivity index (χ0n) is 21.2. The van der Waals surface area contributed by atoms with Gasteiger partial charge in [0.1, 0.15) is 12.4 Å². The molecular formula is C29H27BrFN3O5. The van der Waals surface area contributed by atoms with Crippen molar-refractivity contribution in [1.82, 2.24) is 4.90 Å². The highest BCUT2D eigenvalue weighted by Gasteiger charge is 2.73. The van der Waals surface area contributed by atoms with Crippen LogP contribution in [0.2, 0.25) is 0 Å². The van der Waals surface area contributed by atoms with E-state index in [1.807, 2.05) is 37.3 Å². The van der Waals surface area contributed by atoms with E-state index in [1.54, 1.807) is 18.2 Å². The van der Waals surface area contributed by atoms with Crippen LogP contribution in [0.15, 0.2) is 65.1 Å². The molecular weight excluding hydrogens is 569 g/mol. The highest BCUT2D eigenvalue weighted by Crippen LogP contribution is 2.58. The van der Waals surface area contributed by atoms with Gasteiger partial charge in [-0.25, -0.2) is 4.39 Å². The van der Waals surface area contributed by atoms with Gasteiger partial charge in [0.15, 0.2) is 17.0 Å². The van der Waals surface area contributed by atoms with Gasteiger partial charge in [0, 0.05) is 28.8 Å². The second-order valence-electron chi connectivity index (χ2n) is 10.1. The zero-order chi connectivity index (χ0) is 27.3. The smallest absolute Gasteiger partial charge is 0.256 e. The maximum absolute atomic E-state index is 13.7. The Bertz CT molecular complexity index is 1450. The molecule has 2 saturated heterocycles. The number of carbonyl (C=O) groups excluding carboxylic acids is 1. The normalized spacial score (nSPS) is 25.4. The minimum absolute atomic E-state index is 0.190. The molecule has 0 aliphatic carbocycles. The fourth-order valence-corrected chi connectivity index (χ4v) is 7.27. The Morgan fingerprint density at radius 2 is 1.95 bits per heavy atom. The Morgan fingerprint density at radius 3 is 2.69 bits per heavy atom. The first-order valence-electron chi connectivity index (χ1n) is 13.0. The van der Waals surface area contributed by atoms with Gasteiger partial charge < -0.3 is 14.8 Å². The van der Waals surface area contributed by atoms with Crippen LogP contribution in [0.1, 0.15) is 42.4 Å². The number of hydrogen-bond donors (Lipinski definition) is 1. The molecule has 1 spiro atoms. The van der Waals surface area contributed by atoms with Crippen molar-refractivity contribution in [2.24, 2.45) is 0 Å². The lowest BCUT2D eigenvalue weighted by atomic mass is 9.77. The zero-order valence-corrected chi connectivity index (χ0v) is 22.8. The number of amides is 1. The molecule has 3 aromatic carbocycles. The number of nitrogens with zero attached hydrogens (tertiary/aromatic N) is 2. The Hall–Kier alpha value is -3.50. The lowest BCUT2D eigenvalue weighted by molar-refractivity contribution is -0.534. The highest BCUT2D eigenvalue weighted by atomic mass is 79.9. The summed E-state index contributed by atoms with van der Waals surface area (Å²) in [5.41, 5.74) is 1.40. The summed E-state index contributed by atoms with van der Waals surface area (Å²) in [4.78, 5) is 28.3. The first-order valence-corrected chi connectivity index (χ1v) is 13.8. The van der Waals surface area contributed by atoms with Crippen LogP contribution in [-0.4, -0.2) is 41.0 Å². The molecule has 2 fully saturated rings. The Morgan fingerprint density at radius 1 is 1.18 bits per heavy atom. The summed E-state index contributed by atoms with van der Waals surface area (Å²) in [6.45, 7) is 3.01. The summed E-state index contributed by atoms with van der Waals surface area (Å²) < 4.78 is 25.9. The van der Waals surface area contributed by atoms with E-state index in [9.17, 15) is 19.3 Å². The van der Waals surface area contributed by atoms with E-state index >= 15 is 0 Å². The number of hydrogen-bond acceptors (Lipinski definition) is 6. The minimum atomic E-state index is -1.39. The summed E-state index contributed by atoms with van der Waals surface area (Å²) in [5.74, 6) is -0.312. The molecule has 0 bridgehead atoms. The number of para-hydroxylation sites is 1. The highest BCUT2D eigenvalue weighted by molar-refractivity contribution is 9.10. The third kappa shape index (κ3) is 4.00. The topological polar surface area (TPSA) is 93.9 Å².